The van der Waals surface area contributed by atoms with Crippen molar-refractivity contribution in [3.8, 4) is 11.5 Å². The van der Waals surface area contributed by atoms with Gasteiger partial charge in [-0.05, 0) is 24.3 Å². The van der Waals surface area contributed by atoms with Crippen LogP contribution in [0.5, 0.6) is 11.5 Å². The van der Waals surface area contributed by atoms with Crippen LogP contribution in [0.4, 0.5) is 0 Å². The Bertz CT molecular complexity index is 909. The molecule has 0 fully saturated rings. The molecule has 124 valence electrons. The molecule has 0 saturated carbocycles. The summed E-state index contributed by atoms with van der Waals surface area (Å²) in [6.07, 6.45) is 4.35. The van der Waals surface area contributed by atoms with Crippen molar-refractivity contribution >= 4 is 21.8 Å². The van der Waals surface area contributed by atoms with Crippen molar-refractivity contribution in [1.82, 2.24) is 9.97 Å². The molecule has 0 radical (unpaired) electrons. The minimum Gasteiger partial charge on any atom is -0.491 e. The van der Waals surface area contributed by atoms with E-state index in [1.807, 2.05) is 60.7 Å². The van der Waals surface area contributed by atoms with Gasteiger partial charge in [-0.15, -0.1) is 0 Å². The van der Waals surface area contributed by atoms with E-state index in [0.717, 1.165) is 39.7 Å². The van der Waals surface area contributed by atoms with Crippen molar-refractivity contribution < 1.29 is 9.47 Å². The largest absolute Gasteiger partial charge is 0.491 e. The van der Waals surface area contributed by atoms with Gasteiger partial charge in [0, 0.05) is 29.6 Å². The highest BCUT2D eigenvalue weighted by Crippen LogP contribution is 2.24. The van der Waals surface area contributed by atoms with Gasteiger partial charge >= 0.3 is 0 Å². The van der Waals surface area contributed by atoms with E-state index in [9.17, 15) is 0 Å². The zero-order chi connectivity index (χ0) is 16.9. The Hall–Kier alpha value is -3.14. The summed E-state index contributed by atoms with van der Waals surface area (Å²) in [6.45, 7) is 1.15. The van der Waals surface area contributed by atoms with Crippen LogP contribution in [0.1, 0.15) is 6.42 Å². The summed E-state index contributed by atoms with van der Waals surface area (Å²) in [4.78, 5) is 8.79. The van der Waals surface area contributed by atoms with E-state index in [2.05, 4.69) is 9.97 Å². The lowest BCUT2D eigenvalue weighted by atomic mass is 10.2. The zero-order valence-electron chi connectivity index (χ0n) is 13.8. The lowest BCUT2D eigenvalue weighted by Crippen LogP contribution is -2.05. The molecule has 0 unspecified atom stereocenters. The fraction of sp³-hybridized carbons (Fsp3) is 0.143. The highest BCUT2D eigenvalue weighted by atomic mass is 16.5. The van der Waals surface area contributed by atoms with Gasteiger partial charge in [-0.25, -0.2) is 0 Å². The number of pyridine rings is 2. The monoisotopic (exact) mass is 330 g/mol. The van der Waals surface area contributed by atoms with Gasteiger partial charge in [-0.1, -0.05) is 36.4 Å². The van der Waals surface area contributed by atoms with Crippen LogP contribution >= 0.6 is 0 Å². The first-order chi connectivity index (χ1) is 12.4. The molecule has 0 bridgehead atoms. The third kappa shape index (κ3) is 3.38. The maximum Gasteiger partial charge on any atom is 0.145 e. The van der Waals surface area contributed by atoms with Gasteiger partial charge in [0.2, 0.25) is 0 Å². The zero-order valence-corrected chi connectivity index (χ0v) is 13.8. The molecule has 4 nitrogen and oxygen atoms in total. The van der Waals surface area contributed by atoms with E-state index in [1.165, 1.54) is 0 Å². The summed E-state index contributed by atoms with van der Waals surface area (Å²) in [5.74, 6) is 1.62. The van der Waals surface area contributed by atoms with E-state index in [1.54, 1.807) is 12.4 Å². The Morgan fingerprint density at radius 2 is 1.08 bits per heavy atom. The molecule has 0 aliphatic rings. The van der Waals surface area contributed by atoms with Gasteiger partial charge < -0.3 is 9.47 Å². The topological polar surface area (TPSA) is 44.2 Å². The maximum absolute atomic E-state index is 5.89. The number of para-hydroxylation sites is 2. The first-order valence-corrected chi connectivity index (χ1v) is 8.35. The molecule has 4 rings (SSSR count). The molecule has 2 aromatic heterocycles. The van der Waals surface area contributed by atoms with E-state index in [4.69, 9.17) is 9.47 Å². The van der Waals surface area contributed by atoms with E-state index in [-0.39, 0.29) is 0 Å². The van der Waals surface area contributed by atoms with Gasteiger partial charge in [-0.2, -0.15) is 0 Å². The first kappa shape index (κ1) is 15.4. The van der Waals surface area contributed by atoms with Crippen molar-refractivity contribution in [1.29, 1.82) is 0 Å². The summed E-state index contributed by atoms with van der Waals surface area (Å²) < 4.78 is 11.8. The SMILES string of the molecule is c1cnc2c(OCCCOc3cccc4cccnc34)cccc2c1. The molecule has 2 aromatic carbocycles. The predicted octanol–water partition coefficient (Wildman–Crippen LogP) is 4.63. The number of fused-ring (bicyclic) bond motifs is 2. The molecule has 2 heterocycles. The number of benzene rings is 2. The fourth-order valence-electron chi connectivity index (χ4n) is 2.81. The van der Waals surface area contributed by atoms with E-state index in [0.29, 0.717) is 13.2 Å². The van der Waals surface area contributed by atoms with Crippen molar-refractivity contribution in [2.45, 2.75) is 6.42 Å². The van der Waals surface area contributed by atoms with Gasteiger partial charge in [0.1, 0.15) is 22.5 Å². The summed E-state index contributed by atoms with van der Waals surface area (Å²) in [5, 5.41) is 2.16. The van der Waals surface area contributed by atoms with Crippen LogP contribution in [0, 0.1) is 0 Å². The van der Waals surface area contributed by atoms with Crippen molar-refractivity contribution in [3.63, 3.8) is 0 Å². The van der Waals surface area contributed by atoms with Crippen LogP contribution in [-0.2, 0) is 0 Å². The fourth-order valence-corrected chi connectivity index (χ4v) is 2.81. The number of rotatable bonds is 6. The average Bonchev–Trinajstić information content (AvgIpc) is 2.68. The highest BCUT2D eigenvalue weighted by Gasteiger charge is 2.04. The Balaban J connectivity index is 1.35. The van der Waals surface area contributed by atoms with Crippen molar-refractivity contribution in [3.05, 3.63) is 73.1 Å². The minimum absolute atomic E-state index is 0.577. The molecule has 0 aliphatic carbocycles. The molecule has 0 amide bonds. The molecular weight excluding hydrogens is 312 g/mol. The van der Waals surface area contributed by atoms with Crippen LogP contribution in [0.2, 0.25) is 0 Å². The summed E-state index contributed by atoms with van der Waals surface area (Å²) >= 11 is 0. The number of hydrogen-bond donors (Lipinski definition) is 0. The second-order valence-corrected chi connectivity index (χ2v) is 5.71. The normalized spacial score (nSPS) is 10.9. The smallest absolute Gasteiger partial charge is 0.145 e. The highest BCUT2D eigenvalue weighted by molar-refractivity contribution is 5.84. The molecular formula is C21H18N2O2. The number of nitrogens with zero attached hydrogens (tertiary/aromatic N) is 2. The van der Waals surface area contributed by atoms with Crippen LogP contribution in [0.15, 0.2) is 73.1 Å². The lowest BCUT2D eigenvalue weighted by Gasteiger charge is -2.10. The summed E-state index contributed by atoms with van der Waals surface area (Å²) in [6, 6.07) is 19.9. The second kappa shape index (κ2) is 7.18. The minimum atomic E-state index is 0.577. The van der Waals surface area contributed by atoms with Crippen LogP contribution in [0.25, 0.3) is 21.8 Å². The number of hydrogen-bond acceptors (Lipinski definition) is 4. The molecule has 0 saturated heterocycles. The Morgan fingerprint density at radius 1 is 0.600 bits per heavy atom. The molecule has 25 heavy (non-hydrogen) atoms. The van der Waals surface area contributed by atoms with Crippen LogP contribution in [0.3, 0.4) is 0 Å². The number of aromatic nitrogens is 2. The maximum atomic E-state index is 5.89. The predicted molar refractivity (Wildman–Crippen MR) is 99.1 cm³/mol. The van der Waals surface area contributed by atoms with Crippen LogP contribution in [-0.4, -0.2) is 23.2 Å². The number of ether oxygens (including phenoxy) is 2. The van der Waals surface area contributed by atoms with Gasteiger partial charge in [0.15, 0.2) is 0 Å². The molecule has 0 aliphatic heterocycles. The first-order valence-electron chi connectivity index (χ1n) is 8.35. The van der Waals surface area contributed by atoms with E-state index < -0.39 is 0 Å². The van der Waals surface area contributed by atoms with Gasteiger partial charge in [-0.3, -0.25) is 9.97 Å². The van der Waals surface area contributed by atoms with Crippen molar-refractivity contribution in [2.24, 2.45) is 0 Å². The molecule has 4 aromatic rings. The molecule has 0 N–H and O–H groups in total. The van der Waals surface area contributed by atoms with Gasteiger partial charge in [0.05, 0.1) is 13.2 Å². The quantitative estimate of drug-likeness (QED) is 0.483. The van der Waals surface area contributed by atoms with E-state index >= 15 is 0 Å². The molecule has 0 spiro atoms. The summed E-state index contributed by atoms with van der Waals surface area (Å²) in [7, 11) is 0. The third-order valence-electron chi connectivity index (χ3n) is 4.00. The Kier molecular flexibility index (Phi) is 4.42. The second-order valence-electron chi connectivity index (χ2n) is 5.71. The lowest BCUT2D eigenvalue weighted by molar-refractivity contribution is 0.250. The molecule has 4 heteroatoms. The van der Waals surface area contributed by atoms with Gasteiger partial charge in [0.25, 0.3) is 0 Å². The molecule has 0 atom stereocenters. The Morgan fingerprint density at radius 3 is 1.60 bits per heavy atom. The third-order valence-corrected chi connectivity index (χ3v) is 4.00. The summed E-state index contributed by atoms with van der Waals surface area (Å²) in [5.41, 5.74) is 1.79. The standard InChI is InChI=1S/C21H18N2O2/c1-6-16-8-3-12-22-20(16)18(10-1)24-14-5-15-25-19-11-2-7-17-9-4-13-23-21(17)19/h1-4,6-13H,5,14-15H2. The van der Waals surface area contributed by atoms with Crippen molar-refractivity contribution in [2.75, 3.05) is 13.2 Å². The van der Waals surface area contributed by atoms with Crippen LogP contribution < -0.4 is 9.47 Å². The Labute approximate surface area is 146 Å². The average molecular weight is 330 g/mol.